The fourth-order valence-corrected chi connectivity index (χ4v) is 1.23. The van der Waals surface area contributed by atoms with Gasteiger partial charge in [0.2, 0.25) is 0 Å². The van der Waals surface area contributed by atoms with Crippen molar-refractivity contribution in [3.05, 3.63) is 36.8 Å². The molecule has 1 aromatic rings. The molecule has 0 spiro atoms. The third kappa shape index (κ3) is 3.95. The fourth-order valence-electron chi connectivity index (χ4n) is 1.23. The minimum Gasteiger partial charge on any atom is -0.469 e. The molecule has 0 bridgehead atoms. The summed E-state index contributed by atoms with van der Waals surface area (Å²) in [6.45, 7) is 6.82. The van der Waals surface area contributed by atoms with E-state index in [2.05, 4.69) is 18.8 Å². The predicted molar refractivity (Wildman–Crippen MR) is 54.7 cm³/mol. The Morgan fingerprint density at radius 1 is 1.69 bits per heavy atom. The van der Waals surface area contributed by atoms with Crippen molar-refractivity contribution in [2.24, 2.45) is 0 Å². The molecule has 1 heterocycles. The summed E-state index contributed by atoms with van der Waals surface area (Å²) >= 11 is 0. The molecule has 1 atom stereocenters. The molecule has 1 unspecified atom stereocenters. The molecule has 0 radical (unpaired) electrons. The van der Waals surface area contributed by atoms with Gasteiger partial charge in [0.15, 0.2) is 0 Å². The number of nitrogens with one attached hydrogen (secondary N) is 1. The third-order valence-electron chi connectivity index (χ3n) is 1.93. The van der Waals surface area contributed by atoms with E-state index >= 15 is 0 Å². The lowest BCUT2D eigenvalue weighted by molar-refractivity contribution is 0.459. The zero-order valence-corrected chi connectivity index (χ0v) is 8.12. The lowest BCUT2D eigenvalue weighted by atomic mass is 10.2. The van der Waals surface area contributed by atoms with E-state index in [0.717, 1.165) is 25.1 Å². The Hall–Kier alpha value is -1.02. The second kappa shape index (κ2) is 5.60. The molecule has 1 aromatic heterocycles. The quantitative estimate of drug-likeness (QED) is 0.535. The van der Waals surface area contributed by atoms with Crippen molar-refractivity contribution in [2.75, 3.05) is 6.54 Å². The van der Waals surface area contributed by atoms with E-state index in [0.29, 0.717) is 6.04 Å². The van der Waals surface area contributed by atoms with Crippen LogP contribution in [0.5, 0.6) is 0 Å². The van der Waals surface area contributed by atoms with Crippen molar-refractivity contribution in [3.63, 3.8) is 0 Å². The summed E-state index contributed by atoms with van der Waals surface area (Å²) < 4.78 is 5.25. The van der Waals surface area contributed by atoms with Crippen LogP contribution in [-0.2, 0) is 6.42 Å². The average molecular weight is 179 g/mol. The molecule has 1 rings (SSSR count). The number of hydrogen-bond donors (Lipinski definition) is 1. The normalized spacial score (nSPS) is 12.7. The van der Waals surface area contributed by atoms with Gasteiger partial charge in [0, 0.05) is 12.5 Å². The van der Waals surface area contributed by atoms with Gasteiger partial charge in [0.25, 0.3) is 0 Å². The van der Waals surface area contributed by atoms with Gasteiger partial charge >= 0.3 is 0 Å². The Labute approximate surface area is 79.6 Å². The van der Waals surface area contributed by atoms with Gasteiger partial charge in [-0.05, 0) is 32.0 Å². The van der Waals surface area contributed by atoms with Gasteiger partial charge in [-0.1, -0.05) is 6.08 Å². The highest BCUT2D eigenvalue weighted by atomic mass is 16.3. The van der Waals surface area contributed by atoms with Gasteiger partial charge < -0.3 is 9.73 Å². The smallest absolute Gasteiger partial charge is 0.105 e. The lowest BCUT2D eigenvalue weighted by Crippen LogP contribution is -2.28. The second-order valence-electron chi connectivity index (χ2n) is 3.22. The summed E-state index contributed by atoms with van der Waals surface area (Å²) in [6, 6.07) is 4.39. The van der Waals surface area contributed by atoms with Crippen LogP contribution in [0.4, 0.5) is 0 Å². The monoisotopic (exact) mass is 179 g/mol. The van der Waals surface area contributed by atoms with E-state index < -0.39 is 0 Å². The molecule has 2 heteroatoms. The molecule has 0 aliphatic carbocycles. The number of hydrogen-bond acceptors (Lipinski definition) is 2. The van der Waals surface area contributed by atoms with E-state index in [-0.39, 0.29) is 0 Å². The maximum Gasteiger partial charge on any atom is 0.105 e. The first-order chi connectivity index (χ1) is 6.33. The van der Waals surface area contributed by atoms with Crippen molar-refractivity contribution < 1.29 is 4.42 Å². The van der Waals surface area contributed by atoms with Gasteiger partial charge in [-0.25, -0.2) is 0 Å². The maximum atomic E-state index is 5.25. The summed E-state index contributed by atoms with van der Waals surface area (Å²) in [5.41, 5.74) is 0. The standard InChI is InChI=1S/C11H17NO/c1-3-4-7-12-10(2)9-11-6-5-8-13-11/h3,5-6,8,10,12H,1,4,7,9H2,2H3. The zero-order chi connectivity index (χ0) is 9.52. The van der Waals surface area contributed by atoms with Gasteiger partial charge in [0.05, 0.1) is 6.26 Å². The van der Waals surface area contributed by atoms with E-state index in [4.69, 9.17) is 4.42 Å². The molecular formula is C11H17NO. The van der Waals surface area contributed by atoms with Crippen LogP contribution < -0.4 is 5.32 Å². The Kier molecular flexibility index (Phi) is 4.33. The van der Waals surface area contributed by atoms with Gasteiger partial charge in [-0.3, -0.25) is 0 Å². The topological polar surface area (TPSA) is 25.2 Å². The SMILES string of the molecule is C=CCCNC(C)Cc1ccco1. The molecule has 0 fully saturated rings. The molecule has 72 valence electrons. The molecule has 0 saturated heterocycles. The highest BCUT2D eigenvalue weighted by molar-refractivity contribution is 4.99. The largest absolute Gasteiger partial charge is 0.469 e. The van der Waals surface area contributed by atoms with Crippen LogP contribution in [0.3, 0.4) is 0 Å². The zero-order valence-electron chi connectivity index (χ0n) is 8.12. The summed E-state index contributed by atoms with van der Waals surface area (Å²) in [5.74, 6) is 1.04. The Morgan fingerprint density at radius 3 is 3.15 bits per heavy atom. The second-order valence-corrected chi connectivity index (χ2v) is 3.22. The summed E-state index contributed by atoms with van der Waals surface area (Å²) in [6.07, 6.45) is 5.60. The van der Waals surface area contributed by atoms with Crippen LogP contribution in [-0.4, -0.2) is 12.6 Å². The van der Waals surface area contributed by atoms with Gasteiger partial charge in [0.1, 0.15) is 5.76 Å². The van der Waals surface area contributed by atoms with Crippen LogP contribution in [0, 0.1) is 0 Å². The van der Waals surface area contributed by atoms with Crippen molar-refractivity contribution in [1.29, 1.82) is 0 Å². The molecule has 0 aliphatic heterocycles. The molecule has 13 heavy (non-hydrogen) atoms. The summed E-state index contributed by atoms with van der Waals surface area (Å²) in [5, 5.41) is 3.39. The van der Waals surface area contributed by atoms with Gasteiger partial charge in [-0.2, -0.15) is 0 Å². The molecule has 0 amide bonds. The van der Waals surface area contributed by atoms with E-state index in [1.165, 1.54) is 0 Å². The molecule has 0 saturated carbocycles. The summed E-state index contributed by atoms with van der Waals surface area (Å²) in [4.78, 5) is 0. The first kappa shape index (κ1) is 10.1. The molecule has 0 aromatic carbocycles. The highest BCUT2D eigenvalue weighted by Crippen LogP contribution is 2.03. The minimum atomic E-state index is 0.464. The summed E-state index contributed by atoms with van der Waals surface area (Å²) in [7, 11) is 0. The first-order valence-corrected chi connectivity index (χ1v) is 4.69. The van der Waals surface area contributed by atoms with Crippen LogP contribution in [0.25, 0.3) is 0 Å². The lowest BCUT2D eigenvalue weighted by Gasteiger charge is -2.10. The van der Waals surface area contributed by atoms with Crippen molar-refractivity contribution in [3.8, 4) is 0 Å². The van der Waals surface area contributed by atoms with Crippen molar-refractivity contribution in [1.82, 2.24) is 5.32 Å². The van der Waals surface area contributed by atoms with E-state index in [1.807, 2.05) is 18.2 Å². The molecule has 1 N–H and O–H groups in total. The maximum absolute atomic E-state index is 5.25. The Balaban J connectivity index is 2.17. The van der Waals surface area contributed by atoms with E-state index in [1.54, 1.807) is 6.26 Å². The minimum absolute atomic E-state index is 0.464. The van der Waals surface area contributed by atoms with Crippen LogP contribution >= 0.6 is 0 Å². The number of rotatable bonds is 6. The molecule has 0 aliphatic rings. The van der Waals surface area contributed by atoms with E-state index in [9.17, 15) is 0 Å². The van der Waals surface area contributed by atoms with Gasteiger partial charge in [-0.15, -0.1) is 6.58 Å². The van der Waals surface area contributed by atoms with Crippen LogP contribution in [0.15, 0.2) is 35.5 Å². The van der Waals surface area contributed by atoms with Crippen molar-refractivity contribution >= 4 is 0 Å². The highest BCUT2D eigenvalue weighted by Gasteiger charge is 2.03. The fraction of sp³-hybridized carbons (Fsp3) is 0.455. The third-order valence-corrected chi connectivity index (χ3v) is 1.93. The van der Waals surface area contributed by atoms with Crippen molar-refractivity contribution in [2.45, 2.75) is 25.8 Å². The Morgan fingerprint density at radius 2 is 2.54 bits per heavy atom. The molecular weight excluding hydrogens is 162 g/mol. The average Bonchev–Trinajstić information content (AvgIpc) is 2.57. The number of furan rings is 1. The van der Waals surface area contributed by atoms with Crippen LogP contribution in [0.1, 0.15) is 19.1 Å². The first-order valence-electron chi connectivity index (χ1n) is 4.69. The predicted octanol–water partition coefficient (Wildman–Crippen LogP) is 2.38. The molecule has 2 nitrogen and oxygen atoms in total. The Bertz CT molecular complexity index is 228. The van der Waals surface area contributed by atoms with Crippen LogP contribution in [0.2, 0.25) is 0 Å².